The van der Waals surface area contributed by atoms with Gasteiger partial charge in [-0.25, -0.2) is 0 Å². The van der Waals surface area contributed by atoms with Gasteiger partial charge < -0.3 is 18.9 Å². The van der Waals surface area contributed by atoms with Crippen LogP contribution in [-0.4, -0.2) is 9.13 Å². The smallest absolute Gasteiger partial charge is 0.0788 e. The topological polar surface area (TPSA) is 16.3 Å². The molecule has 2 aromatic heterocycles. The molecule has 0 amide bonds. The van der Waals surface area contributed by atoms with Gasteiger partial charge in [-0.3, -0.25) is 0 Å². The average molecular weight is 771 g/mol. The lowest BCUT2D eigenvalue weighted by Crippen LogP contribution is -2.26. The van der Waals surface area contributed by atoms with Crippen LogP contribution in [0.5, 0.6) is 0 Å². The predicted molar refractivity (Wildman–Crippen MR) is 254 cm³/mol. The maximum Gasteiger partial charge on any atom is 0.0788 e. The summed E-state index contributed by atoms with van der Waals surface area (Å²) in [5.41, 5.74) is 15.2. The zero-order valence-corrected chi connectivity index (χ0v) is 33.2. The fraction of sp³-hybridized carbons (Fsp3) is 0.0357. The van der Waals surface area contributed by atoms with Crippen molar-refractivity contribution in [3.63, 3.8) is 0 Å². The minimum atomic E-state index is 0.793. The van der Waals surface area contributed by atoms with Gasteiger partial charge >= 0.3 is 0 Å². The van der Waals surface area contributed by atoms with Crippen molar-refractivity contribution in [2.75, 3.05) is 9.80 Å². The summed E-state index contributed by atoms with van der Waals surface area (Å²) in [5.74, 6) is 0. The van der Waals surface area contributed by atoms with Crippen molar-refractivity contribution >= 4 is 66.4 Å². The average Bonchev–Trinajstić information content (AvgIpc) is 3.83. The van der Waals surface area contributed by atoms with Crippen LogP contribution >= 0.6 is 0 Å². The lowest BCUT2D eigenvalue weighted by atomic mass is 10.0. The summed E-state index contributed by atoms with van der Waals surface area (Å²) >= 11 is 0. The Labute approximate surface area is 350 Å². The summed E-state index contributed by atoms with van der Waals surface area (Å²) in [6.07, 6.45) is 6.19. The van der Waals surface area contributed by atoms with Gasteiger partial charge in [0.15, 0.2) is 0 Å². The van der Waals surface area contributed by atoms with Gasteiger partial charge in [0.05, 0.1) is 33.5 Å². The molecule has 0 unspecified atom stereocenters. The molecule has 1 aliphatic heterocycles. The number of fused-ring (bicyclic) bond motifs is 9. The number of rotatable bonds is 4. The molecular weight excluding hydrogens is 729 g/mol. The van der Waals surface area contributed by atoms with Gasteiger partial charge in [0.25, 0.3) is 0 Å². The first-order valence-corrected chi connectivity index (χ1v) is 20.6. The van der Waals surface area contributed by atoms with E-state index in [-0.39, 0.29) is 0 Å². The minimum absolute atomic E-state index is 0.793. The van der Waals surface area contributed by atoms with Crippen LogP contribution in [0.4, 0.5) is 22.7 Å². The van der Waals surface area contributed by atoms with Crippen molar-refractivity contribution in [3.8, 4) is 11.4 Å². The molecule has 0 saturated carbocycles. The number of anilines is 4. The number of para-hydroxylation sites is 6. The standard InChI is InChI=1S/C56H42N4/c1-39-40(2)58(52-30-16-12-22-42(52)20-10-9-19-41-21-11-15-29-51(41)57(39)43-23-5-3-6-24-43)45-33-35-46(36-34-45)60-54-32-18-14-28-48(54)50-38-37-49-47-27-13-17-31-53(47)59(55(49)56(50)60)44-25-7-4-8-26-44/h3-18,21-38H,1-2,19-20H2/b10-9-. The number of hydrogen-bond donors (Lipinski definition) is 0. The molecular formula is C56H42N4. The van der Waals surface area contributed by atoms with E-state index in [1.165, 1.54) is 49.2 Å². The van der Waals surface area contributed by atoms with Gasteiger partial charge in [-0.15, -0.1) is 0 Å². The SMILES string of the molecule is C=C1C(=C)N(c2ccc(-n3c4ccccc4c4ccc5c6ccccc6n(-c6ccccc6)c5c43)cc2)c2ccccc2C/C=C\Cc2ccccc2N1c1ccccc1. The summed E-state index contributed by atoms with van der Waals surface area (Å²) in [5, 5.41) is 4.91. The first kappa shape index (κ1) is 35.4. The maximum atomic E-state index is 4.83. The molecule has 286 valence electrons. The first-order chi connectivity index (χ1) is 29.7. The molecule has 3 heterocycles. The molecule has 0 fully saturated rings. The number of benzene rings is 8. The van der Waals surface area contributed by atoms with Crippen LogP contribution in [-0.2, 0) is 12.8 Å². The lowest BCUT2D eigenvalue weighted by Gasteiger charge is -2.36. The first-order valence-electron chi connectivity index (χ1n) is 20.6. The van der Waals surface area contributed by atoms with Gasteiger partial charge in [-0.1, -0.05) is 147 Å². The zero-order chi connectivity index (χ0) is 40.2. The zero-order valence-electron chi connectivity index (χ0n) is 33.2. The van der Waals surface area contributed by atoms with Crippen LogP contribution in [0.25, 0.3) is 55.0 Å². The van der Waals surface area contributed by atoms with E-state index in [0.29, 0.717) is 0 Å². The highest BCUT2D eigenvalue weighted by Crippen LogP contribution is 2.44. The van der Waals surface area contributed by atoms with Crippen LogP contribution in [0.1, 0.15) is 11.1 Å². The van der Waals surface area contributed by atoms with Crippen molar-refractivity contribution in [1.82, 2.24) is 9.13 Å². The van der Waals surface area contributed by atoms with Crippen molar-refractivity contribution in [1.29, 1.82) is 0 Å². The molecule has 0 atom stereocenters. The van der Waals surface area contributed by atoms with Gasteiger partial charge in [-0.05, 0) is 96.8 Å². The molecule has 11 rings (SSSR count). The van der Waals surface area contributed by atoms with Gasteiger partial charge in [0.2, 0.25) is 0 Å². The second-order valence-corrected chi connectivity index (χ2v) is 15.5. The fourth-order valence-electron chi connectivity index (χ4n) is 9.30. The summed E-state index contributed by atoms with van der Waals surface area (Å²) in [7, 11) is 0. The van der Waals surface area contributed by atoms with E-state index in [2.05, 4.69) is 225 Å². The predicted octanol–water partition coefficient (Wildman–Crippen LogP) is 14.5. The van der Waals surface area contributed by atoms with Crippen LogP contribution in [0, 0.1) is 0 Å². The summed E-state index contributed by atoms with van der Waals surface area (Å²) < 4.78 is 4.89. The normalized spacial score (nSPS) is 14.0. The Morgan fingerprint density at radius 1 is 0.317 bits per heavy atom. The highest BCUT2D eigenvalue weighted by Gasteiger charge is 2.26. The van der Waals surface area contributed by atoms with E-state index in [9.17, 15) is 0 Å². The second kappa shape index (κ2) is 14.5. The summed E-state index contributed by atoms with van der Waals surface area (Å²) in [6.45, 7) is 9.63. The van der Waals surface area contributed by atoms with Crippen LogP contribution in [0.3, 0.4) is 0 Å². The molecule has 60 heavy (non-hydrogen) atoms. The van der Waals surface area contributed by atoms with Gasteiger partial charge in [-0.2, -0.15) is 0 Å². The molecule has 0 bridgehead atoms. The molecule has 8 aromatic carbocycles. The van der Waals surface area contributed by atoms with Crippen LogP contribution in [0.15, 0.2) is 231 Å². The largest absolute Gasteiger partial charge is 0.309 e. The van der Waals surface area contributed by atoms with E-state index < -0.39 is 0 Å². The van der Waals surface area contributed by atoms with Gasteiger partial charge in [0.1, 0.15) is 0 Å². The third kappa shape index (κ3) is 5.68. The second-order valence-electron chi connectivity index (χ2n) is 15.5. The molecule has 0 saturated heterocycles. The van der Waals surface area contributed by atoms with Crippen molar-refractivity contribution in [2.45, 2.75) is 12.8 Å². The Morgan fingerprint density at radius 3 is 1.18 bits per heavy atom. The number of hydrogen-bond acceptors (Lipinski definition) is 2. The van der Waals surface area contributed by atoms with E-state index >= 15 is 0 Å². The fourth-order valence-corrected chi connectivity index (χ4v) is 9.30. The molecule has 0 radical (unpaired) electrons. The lowest BCUT2D eigenvalue weighted by molar-refractivity contribution is 1.06. The molecule has 0 N–H and O–H groups in total. The Morgan fingerprint density at radius 2 is 0.683 bits per heavy atom. The number of allylic oxidation sites excluding steroid dienone is 2. The van der Waals surface area contributed by atoms with E-state index in [0.717, 1.165) is 63.9 Å². The Bertz CT molecular complexity index is 3290. The third-order valence-corrected chi connectivity index (χ3v) is 12.0. The summed E-state index contributed by atoms with van der Waals surface area (Å²) in [4.78, 5) is 4.54. The third-order valence-electron chi connectivity index (χ3n) is 12.0. The quantitative estimate of drug-likeness (QED) is 0.166. The Kier molecular flexibility index (Phi) is 8.56. The van der Waals surface area contributed by atoms with Gasteiger partial charge in [0, 0.05) is 55.7 Å². The Hall–Kier alpha value is -7.82. The van der Waals surface area contributed by atoms with E-state index in [4.69, 9.17) is 13.2 Å². The minimum Gasteiger partial charge on any atom is -0.309 e. The monoisotopic (exact) mass is 770 g/mol. The van der Waals surface area contributed by atoms with Crippen molar-refractivity contribution in [2.24, 2.45) is 0 Å². The summed E-state index contributed by atoms with van der Waals surface area (Å²) in [6, 6.07) is 69.7. The van der Waals surface area contributed by atoms with E-state index in [1.807, 2.05) is 0 Å². The van der Waals surface area contributed by atoms with Crippen molar-refractivity contribution < 1.29 is 0 Å². The highest BCUT2D eigenvalue weighted by atomic mass is 15.2. The molecule has 10 aromatic rings. The number of aromatic nitrogens is 2. The van der Waals surface area contributed by atoms with Crippen molar-refractivity contribution in [3.05, 3.63) is 242 Å². The number of nitrogens with zero attached hydrogens (tertiary/aromatic N) is 4. The van der Waals surface area contributed by atoms with Crippen LogP contribution < -0.4 is 9.80 Å². The Balaban J connectivity index is 1.12. The molecule has 4 nitrogen and oxygen atoms in total. The van der Waals surface area contributed by atoms with E-state index in [1.54, 1.807) is 0 Å². The maximum absolute atomic E-state index is 4.83. The molecule has 4 heteroatoms. The highest BCUT2D eigenvalue weighted by molar-refractivity contribution is 6.23. The molecule has 0 spiro atoms. The van der Waals surface area contributed by atoms with Crippen LogP contribution in [0.2, 0.25) is 0 Å². The molecule has 0 aliphatic carbocycles. The molecule has 1 aliphatic rings.